The first-order chi connectivity index (χ1) is 16.8. The average Bonchev–Trinajstić information content (AvgIpc) is 3.55. The van der Waals surface area contributed by atoms with Gasteiger partial charge in [-0.2, -0.15) is 5.10 Å². The van der Waals surface area contributed by atoms with Crippen LogP contribution in [0, 0.1) is 0 Å². The number of allylic oxidation sites excluding steroid dienone is 1. The summed E-state index contributed by atoms with van der Waals surface area (Å²) >= 11 is 0. The second-order valence-electron chi connectivity index (χ2n) is 7.95. The van der Waals surface area contributed by atoms with Crippen LogP contribution in [-0.4, -0.2) is 22.3 Å². The van der Waals surface area contributed by atoms with Crippen molar-refractivity contribution in [1.82, 2.24) is 15.2 Å². The number of hydrogen-bond acceptors (Lipinski definition) is 4. The summed E-state index contributed by atoms with van der Waals surface area (Å²) in [5, 5.41) is 7.49. The number of hydrogen-bond donors (Lipinski definition) is 1. The van der Waals surface area contributed by atoms with Gasteiger partial charge in [0.1, 0.15) is 18.1 Å². The fourth-order valence-electron chi connectivity index (χ4n) is 3.91. The third kappa shape index (κ3) is 4.99. The molecule has 1 aliphatic rings. The molecule has 0 unspecified atom stereocenters. The van der Waals surface area contributed by atoms with E-state index in [4.69, 9.17) is 9.47 Å². The molecule has 168 valence electrons. The van der Waals surface area contributed by atoms with E-state index >= 15 is 0 Å². The fraction of sp³-hybridized carbons (Fsp3) is 0.103. The van der Waals surface area contributed by atoms with Crippen molar-refractivity contribution in [3.63, 3.8) is 0 Å². The lowest BCUT2D eigenvalue weighted by Crippen LogP contribution is -1.98. The van der Waals surface area contributed by atoms with Crippen molar-refractivity contribution in [2.75, 3.05) is 7.11 Å². The smallest absolute Gasteiger partial charge is 0.130 e. The van der Waals surface area contributed by atoms with Crippen LogP contribution in [0.2, 0.25) is 0 Å². The van der Waals surface area contributed by atoms with Gasteiger partial charge >= 0.3 is 0 Å². The van der Waals surface area contributed by atoms with E-state index in [2.05, 4.69) is 57.7 Å². The molecule has 0 atom stereocenters. The van der Waals surface area contributed by atoms with Crippen LogP contribution in [0.5, 0.6) is 11.5 Å². The van der Waals surface area contributed by atoms with E-state index in [0.717, 1.165) is 40.6 Å². The largest absolute Gasteiger partial charge is 0.496 e. The summed E-state index contributed by atoms with van der Waals surface area (Å²) in [4.78, 5) is 4.28. The van der Waals surface area contributed by atoms with Crippen LogP contribution in [-0.2, 0) is 13.0 Å². The normalized spacial score (nSPS) is 12.5. The molecular formula is C29H25N3O2. The van der Waals surface area contributed by atoms with Crippen LogP contribution in [0.3, 0.4) is 0 Å². The van der Waals surface area contributed by atoms with E-state index in [1.807, 2.05) is 54.6 Å². The molecule has 1 N–H and O–H groups in total. The van der Waals surface area contributed by atoms with Crippen LogP contribution in [0.15, 0.2) is 72.9 Å². The molecule has 0 radical (unpaired) electrons. The van der Waals surface area contributed by atoms with Crippen molar-refractivity contribution >= 4 is 30.4 Å². The molecule has 1 aliphatic carbocycles. The molecule has 0 fully saturated rings. The van der Waals surface area contributed by atoms with Gasteiger partial charge in [-0.25, -0.2) is 0 Å². The Balaban J connectivity index is 1.25. The topological polar surface area (TPSA) is 60.0 Å². The Kier molecular flexibility index (Phi) is 6.34. The van der Waals surface area contributed by atoms with Crippen molar-refractivity contribution in [1.29, 1.82) is 0 Å². The molecule has 2 aromatic carbocycles. The second-order valence-corrected chi connectivity index (χ2v) is 7.95. The highest BCUT2D eigenvalue weighted by atomic mass is 16.5. The van der Waals surface area contributed by atoms with Gasteiger partial charge < -0.3 is 9.47 Å². The quantitative estimate of drug-likeness (QED) is 0.344. The minimum atomic E-state index is 0.408. The molecule has 0 saturated carbocycles. The SMILES string of the molecule is COc1cc(OCc2ccccn2)ccc1/C=C/c1cc(/C=C/c2cccc3c2CC=C3)[nH]n1. The lowest BCUT2D eigenvalue weighted by molar-refractivity contribution is 0.299. The number of ether oxygens (including phenoxy) is 2. The van der Waals surface area contributed by atoms with Crippen LogP contribution < -0.4 is 9.47 Å². The van der Waals surface area contributed by atoms with E-state index < -0.39 is 0 Å². The van der Waals surface area contributed by atoms with Gasteiger partial charge in [0.05, 0.1) is 24.2 Å². The number of pyridine rings is 1. The first-order valence-electron chi connectivity index (χ1n) is 11.2. The van der Waals surface area contributed by atoms with E-state index in [1.165, 1.54) is 16.7 Å². The van der Waals surface area contributed by atoms with Crippen molar-refractivity contribution in [3.05, 3.63) is 112 Å². The zero-order chi connectivity index (χ0) is 23.2. The van der Waals surface area contributed by atoms with Gasteiger partial charge in [-0.1, -0.05) is 42.5 Å². The number of nitrogens with zero attached hydrogens (tertiary/aromatic N) is 2. The van der Waals surface area contributed by atoms with Crippen LogP contribution in [0.25, 0.3) is 30.4 Å². The number of H-pyrrole nitrogens is 1. The average molecular weight is 448 g/mol. The summed E-state index contributed by atoms with van der Waals surface area (Å²) in [6.07, 6.45) is 15.3. The minimum absolute atomic E-state index is 0.408. The lowest BCUT2D eigenvalue weighted by atomic mass is 10.0. The molecule has 0 spiro atoms. The molecular weight excluding hydrogens is 422 g/mol. The van der Waals surface area contributed by atoms with Crippen LogP contribution in [0.1, 0.15) is 39.3 Å². The molecule has 4 aromatic rings. The summed E-state index contributed by atoms with van der Waals surface area (Å²) in [5.74, 6) is 1.46. The molecule has 5 rings (SSSR count). The Hall–Kier alpha value is -4.38. The minimum Gasteiger partial charge on any atom is -0.496 e. The molecule has 0 saturated heterocycles. The van der Waals surface area contributed by atoms with Crippen molar-refractivity contribution in [2.45, 2.75) is 13.0 Å². The van der Waals surface area contributed by atoms with E-state index in [1.54, 1.807) is 13.3 Å². The van der Waals surface area contributed by atoms with Crippen LogP contribution >= 0.6 is 0 Å². The highest BCUT2D eigenvalue weighted by Crippen LogP contribution is 2.27. The number of methoxy groups -OCH3 is 1. The van der Waals surface area contributed by atoms with Gasteiger partial charge in [0.15, 0.2) is 0 Å². The summed E-state index contributed by atoms with van der Waals surface area (Å²) in [5.41, 5.74) is 7.53. The number of rotatable bonds is 8. The fourth-order valence-corrected chi connectivity index (χ4v) is 3.91. The van der Waals surface area contributed by atoms with Crippen molar-refractivity contribution in [2.24, 2.45) is 0 Å². The summed E-state index contributed by atoms with van der Waals surface area (Å²) < 4.78 is 11.4. The summed E-state index contributed by atoms with van der Waals surface area (Å²) in [6, 6.07) is 20.0. The monoisotopic (exact) mass is 447 g/mol. The highest BCUT2D eigenvalue weighted by Gasteiger charge is 2.08. The third-order valence-electron chi connectivity index (χ3n) is 5.68. The molecule has 0 bridgehead atoms. The van der Waals surface area contributed by atoms with E-state index in [9.17, 15) is 0 Å². The zero-order valence-electron chi connectivity index (χ0n) is 18.9. The molecule has 2 aromatic heterocycles. The number of nitrogens with one attached hydrogen (secondary N) is 1. The maximum atomic E-state index is 5.85. The number of aromatic amines is 1. The summed E-state index contributed by atoms with van der Waals surface area (Å²) in [6.45, 7) is 0.408. The third-order valence-corrected chi connectivity index (χ3v) is 5.68. The molecule has 0 amide bonds. The second kappa shape index (κ2) is 10.0. The van der Waals surface area contributed by atoms with E-state index in [0.29, 0.717) is 6.61 Å². The van der Waals surface area contributed by atoms with Gasteiger partial charge in [-0.3, -0.25) is 10.1 Å². The maximum Gasteiger partial charge on any atom is 0.130 e. The first kappa shape index (κ1) is 21.5. The van der Waals surface area contributed by atoms with Gasteiger partial charge in [0.2, 0.25) is 0 Å². The Morgan fingerprint density at radius 1 is 0.941 bits per heavy atom. The summed E-state index contributed by atoms with van der Waals surface area (Å²) in [7, 11) is 1.66. The van der Waals surface area contributed by atoms with Gasteiger partial charge in [-0.15, -0.1) is 0 Å². The first-order valence-corrected chi connectivity index (χ1v) is 11.2. The zero-order valence-corrected chi connectivity index (χ0v) is 18.9. The molecule has 0 aliphatic heterocycles. The van der Waals surface area contributed by atoms with Crippen molar-refractivity contribution < 1.29 is 9.47 Å². The predicted octanol–water partition coefficient (Wildman–Crippen LogP) is 6.30. The Morgan fingerprint density at radius 3 is 2.76 bits per heavy atom. The van der Waals surface area contributed by atoms with E-state index in [-0.39, 0.29) is 0 Å². The predicted molar refractivity (Wildman–Crippen MR) is 137 cm³/mol. The van der Waals surface area contributed by atoms with Gasteiger partial charge in [-0.05, 0) is 71.7 Å². The Bertz CT molecular complexity index is 1370. The number of fused-ring (bicyclic) bond motifs is 1. The lowest BCUT2D eigenvalue weighted by Gasteiger charge is -2.09. The van der Waals surface area contributed by atoms with Gasteiger partial charge in [0.25, 0.3) is 0 Å². The van der Waals surface area contributed by atoms with Gasteiger partial charge in [0, 0.05) is 17.8 Å². The molecule has 5 heteroatoms. The number of benzene rings is 2. The molecule has 2 heterocycles. The Labute approximate surface area is 199 Å². The van der Waals surface area contributed by atoms with Crippen molar-refractivity contribution in [3.8, 4) is 11.5 Å². The number of aromatic nitrogens is 3. The molecule has 34 heavy (non-hydrogen) atoms. The Morgan fingerprint density at radius 2 is 1.88 bits per heavy atom. The maximum absolute atomic E-state index is 5.85. The standard InChI is InChI=1S/C29H25N3O2/c1-33-29-19-27(34-20-26-9-2-3-17-30-26)16-13-23(29)12-15-25-18-24(31-32-25)14-11-22-7-4-6-21-8-5-10-28(21)22/h2-9,11-19H,10,20H2,1H3,(H,31,32)/b14-11+,15-12+. The van der Waals surface area contributed by atoms with Crippen LogP contribution in [0.4, 0.5) is 0 Å². The molecule has 5 nitrogen and oxygen atoms in total. The highest BCUT2D eigenvalue weighted by molar-refractivity contribution is 5.76.